The Labute approximate surface area is 196 Å². The molecule has 3 heterocycles. The second-order valence-electron chi connectivity index (χ2n) is 6.79. The molecule has 0 saturated heterocycles. The molecule has 0 saturated carbocycles. The molecule has 4 aromatic rings. The van der Waals surface area contributed by atoms with E-state index in [0.29, 0.717) is 17.3 Å². The zero-order valence-electron chi connectivity index (χ0n) is 17.0. The van der Waals surface area contributed by atoms with E-state index in [-0.39, 0.29) is 30.3 Å². The Kier molecular flexibility index (Phi) is 6.59. The van der Waals surface area contributed by atoms with E-state index in [4.69, 9.17) is 13.6 Å². The molecule has 0 atom stereocenters. The average Bonchev–Trinajstić information content (AvgIpc) is 3.53. The molecule has 0 bridgehead atoms. The number of halogens is 1. The predicted octanol–water partition coefficient (Wildman–Crippen LogP) is 3.97. The van der Waals surface area contributed by atoms with E-state index in [2.05, 4.69) is 38.3 Å². The van der Waals surface area contributed by atoms with Gasteiger partial charge in [-0.1, -0.05) is 0 Å². The summed E-state index contributed by atoms with van der Waals surface area (Å²) in [6, 6.07) is 14.3. The van der Waals surface area contributed by atoms with Gasteiger partial charge in [-0.15, -0.1) is 0 Å². The molecule has 164 valence electrons. The van der Waals surface area contributed by atoms with Crippen molar-refractivity contribution in [3.05, 3.63) is 87.5 Å². The lowest BCUT2D eigenvalue weighted by Crippen LogP contribution is -2.25. The molecular weight excluding hydrogens is 527 g/mol. The van der Waals surface area contributed by atoms with Crippen LogP contribution in [0.4, 0.5) is 5.69 Å². The highest BCUT2D eigenvalue weighted by Crippen LogP contribution is 2.19. The van der Waals surface area contributed by atoms with Crippen molar-refractivity contribution in [3.8, 4) is 5.75 Å². The summed E-state index contributed by atoms with van der Waals surface area (Å²) < 4.78 is 19.0. The summed E-state index contributed by atoms with van der Waals surface area (Å²) in [6.45, 7) is 0.388. The van der Waals surface area contributed by atoms with Crippen molar-refractivity contribution in [2.24, 2.45) is 7.05 Å². The molecule has 0 radical (unpaired) electrons. The molecule has 9 nitrogen and oxygen atoms in total. The second-order valence-corrected chi connectivity index (χ2v) is 8.04. The molecule has 32 heavy (non-hydrogen) atoms. The van der Waals surface area contributed by atoms with Crippen molar-refractivity contribution in [3.63, 3.8) is 0 Å². The summed E-state index contributed by atoms with van der Waals surface area (Å²) in [4.78, 5) is 25.2. The maximum atomic E-state index is 12.6. The Morgan fingerprint density at radius 1 is 1.09 bits per heavy atom. The van der Waals surface area contributed by atoms with Gasteiger partial charge in [0.25, 0.3) is 11.8 Å². The minimum Gasteiger partial charge on any atom is -0.486 e. The highest BCUT2D eigenvalue weighted by molar-refractivity contribution is 14.1. The highest BCUT2D eigenvalue weighted by Gasteiger charge is 2.20. The van der Waals surface area contributed by atoms with Crippen LogP contribution in [0.15, 0.2) is 69.8 Å². The molecule has 10 heteroatoms. The van der Waals surface area contributed by atoms with Gasteiger partial charge < -0.3 is 24.2 Å². The first-order valence-electron chi connectivity index (χ1n) is 9.60. The number of anilines is 1. The minimum absolute atomic E-state index is 0.0845. The summed E-state index contributed by atoms with van der Waals surface area (Å²) in [7, 11) is 1.66. The van der Waals surface area contributed by atoms with Gasteiger partial charge in [0, 0.05) is 16.8 Å². The summed E-state index contributed by atoms with van der Waals surface area (Å²) in [5.74, 6) is 0.957. The van der Waals surface area contributed by atoms with Crippen LogP contribution in [-0.4, -0.2) is 21.6 Å². The first kappa shape index (κ1) is 21.7. The average molecular weight is 546 g/mol. The summed E-state index contributed by atoms with van der Waals surface area (Å²) in [6.07, 6.45) is 3.07. The third kappa shape index (κ3) is 5.38. The Balaban J connectivity index is 1.37. The number of carbonyl (C=O) groups excluding carboxylic acids is 2. The molecule has 0 unspecified atom stereocenters. The standard InChI is InChI=1S/C22H19IN4O5/c1-27-12-18(20(26-27)22(29)24-11-16-3-2-10-30-16)25-21(28)19-9-8-17(32-19)13-31-15-6-4-14(23)5-7-15/h2-10,12H,11,13H2,1H3,(H,24,29)(H,25,28). The van der Waals surface area contributed by atoms with Gasteiger partial charge in [-0.3, -0.25) is 14.3 Å². The maximum absolute atomic E-state index is 12.6. The number of nitrogens with one attached hydrogen (secondary N) is 2. The lowest BCUT2D eigenvalue weighted by atomic mass is 10.3. The Bertz CT molecular complexity index is 1210. The van der Waals surface area contributed by atoms with Crippen LogP contribution < -0.4 is 15.4 Å². The summed E-state index contributed by atoms with van der Waals surface area (Å²) in [5, 5.41) is 9.52. The lowest BCUT2D eigenvalue weighted by molar-refractivity contribution is 0.0943. The highest BCUT2D eigenvalue weighted by atomic mass is 127. The molecule has 2 N–H and O–H groups in total. The smallest absolute Gasteiger partial charge is 0.291 e. The number of furan rings is 2. The normalized spacial score (nSPS) is 10.7. The third-order valence-electron chi connectivity index (χ3n) is 4.38. The van der Waals surface area contributed by atoms with Gasteiger partial charge in [0.1, 0.15) is 23.9 Å². The molecule has 2 amide bonds. The van der Waals surface area contributed by atoms with E-state index in [1.54, 1.807) is 37.5 Å². The zero-order chi connectivity index (χ0) is 22.5. The van der Waals surface area contributed by atoms with Crippen molar-refractivity contribution in [1.29, 1.82) is 0 Å². The van der Waals surface area contributed by atoms with E-state index in [9.17, 15) is 9.59 Å². The monoisotopic (exact) mass is 546 g/mol. The number of aromatic nitrogens is 2. The second kappa shape index (κ2) is 9.73. The number of hydrogen-bond donors (Lipinski definition) is 2. The fourth-order valence-corrected chi connectivity index (χ4v) is 3.22. The van der Waals surface area contributed by atoms with Gasteiger partial charge in [-0.05, 0) is 71.1 Å². The number of carbonyl (C=O) groups is 2. The topological polar surface area (TPSA) is 112 Å². The number of benzene rings is 1. The third-order valence-corrected chi connectivity index (χ3v) is 5.09. The van der Waals surface area contributed by atoms with E-state index in [1.807, 2.05) is 24.3 Å². The zero-order valence-corrected chi connectivity index (χ0v) is 19.2. The Morgan fingerprint density at radius 2 is 1.91 bits per heavy atom. The van der Waals surface area contributed by atoms with Crippen molar-refractivity contribution < 1.29 is 23.2 Å². The number of ether oxygens (including phenoxy) is 1. The summed E-state index contributed by atoms with van der Waals surface area (Å²) >= 11 is 2.22. The molecule has 1 aromatic carbocycles. The quantitative estimate of drug-likeness (QED) is 0.324. The largest absolute Gasteiger partial charge is 0.486 e. The van der Waals surface area contributed by atoms with E-state index < -0.39 is 11.8 Å². The molecule has 0 aliphatic carbocycles. The van der Waals surface area contributed by atoms with Crippen LogP contribution in [0.2, 0.25) is 0 Å². The fraction of sp³-hybridized carbons (Fsp3) is 0.136. The number of rotatable bonds is 8. The van der Waals surface area contributed by atoms with Crippen LogP contribution >= 0.6 is 22.6 Å². The number of hydrogen-bond acceptors (Lipinski definition) is 6. The molecule has 0 fully saturated rings. The lowest BCUT2D eigenvalue weighted by Gasteiger charge is -2.05. The Hall–Kier alpha value is -3.54. The van der Waals surface area contributed by atoms with Crippen LogP contribution in [0, 0.1) is 3.57 Å². The minimum atomic E-state index is -0.501. The molecule has 4 rings (SSSR count). The fourth-order valence-electron chi connectivity index (χ4n) is 2.86. The van der Waals surface area contributed by atoms with E-state index in [0.717, 1.165) is 3.57 Å². The van der Waals surface area contributed by atoms with E-state index >= 15 is 0 Å². The van der Waals surface area contributed by atoms with Gasteiger partial charge in [0.05, 0.1) is 18.5 Å². The van der Waals surface area contributed by atoms with Crippen LogP contribution in [0.25, 0.3) is 0 Å². The molecule has 3 aromatic heterocycles. The van der Waals surface area contributed by atoms with Gasteiger partial charge >= 0.3 is 0 Å². The number of aryl methyl sites for hydroxylation is 1. The Morgan fingerprint density at radius 3 is 2.66 bits per heavy atom. The molecular formula is C22H19IN4O5. The van der Waals surface area contributed by atoms with Crippen LogP contribution in [0.1, 0.15) is 32.6 Å². The number of amides is 2. The van der Waals surface area contributed by atoms with Crippen molar-refractivity contribution in [2.45, 2.75) is 13.2 Å². The molecule has 0 aliphatic heterocycles. The van der Waals surface area contributed by atoms with E-state index in [1.165, 1.54) is 10.9 Å². The van der Waals surface area contributed by atoms with Gasteiger partial charge in [-0.2, -0.15) is 5.10 Å². The van der Waals surface area contributed by atoms with Crippen molar-refractivity contribution >= 4 is 40.1 Å². The molecule has 0 spiro atoms. The first-order valence-corrected chi connectivity index (χ1v) is 10.7. The molecule has 0 aliphatic rings. The van der Waals surface area contributed by atoms with Crippen molar-refractivity contribution in [1.82, 2.24) is 15.1 Å². The van der Waals surface area contributed by atoms with Gasteiger partial charge in [0.2, 0.25) is 0 Å². The maximum Gasteiger partial charge on any atom is 0.291 e. The van der Waals surface area contributed by atoms with Crippen LogP contribution in [0.3, 0.4) is 0 Å². The van der Waals surface area contributed by atoms with Gasteiger partial charge in [0.15, 0.2) is 11.5 Å². The van der Waals surface area contributed by atoms with Gasteiger partial charge in [-0.25, -0.2) is 0 Å². The van der Waals surface area contributed by atoms with Crippen LogP contribution in [-0.2, 0) is 20.2 Å². The van der Waals surface area contributed by atoms with Crippen molar-refractivity contribution in [2.75, 3.05) is 5.32 Å². The SMILES string of the molecule is Cn1cc(NC(=O)c2ccc(COc3ccc(I)cc3)o2)c(C(=O)NCc2ccco2)n1. The number of nitrogens with zero attached hydrogens (tertiary/aromatic N) is 2. The predicted molar refractivity (Wildman–Crippen MR) is 123 cm³/mol. The summed E-state index contributed by atoms with van der Waals surface area (Å²) in [5.41, 5.74) is 0.351. The first-order chi connectivity index (χ1) is 15.5. The van der Waals surface area contributed by atoms with Crippen LogP contribution in [0.5, 0.6) is 5.75 Å².